The number of hydrogen-bond acceptors (Lipinski definition) is 1. The quantitative estimate of drug-likeness (QED) is 0.558. The van der Waals surface area contributed by atoms with Gasteiger partial charge >= 0.3 is 0 Å². The lowest BCUT2D eigenvalue weighted by Gasteiger charge is -2.35. The second kappa shape index (κ2) is 3.39. The Labute approximate surface area is 77.1 Å². The molecule has 1 rings (SSSR count). The van der Waals surface area contributed by atoms with Crippen molar-refractivity contribution >= 4 is 22.6 Å². The van der Waals surface area contributed by atoms with Gasteiger partial charge in [0.25, 0.3) is 0 Å². The van der Waals surface area contributed by atoms with Crippen LogP contribution >= 0.6 is 22.6 Å². The van der Waals surface area contributed by atoms with Crippen molar-refractivity contribution in [1.82, 2.24) is 5.32 Å². The maximum atomic E-state index is 3.39. The lowest BCUT2D eigenvalue weighted by atomic mass is 9.87. The molecule has 0 spiro atoms. The van der Waals surface area contributed by atoms with E-state index in [1.165, 1.54) is 25.9 Å². The lowest BCUT2D eigenvalue weighted by molar-refractivity contribution is 0.351. The largest absolute Gasteiger partial charge is 0.317 e. The molecule has 1 aliphatic heterocycles. The normalized spacial score (nSPS) is 25.2. The van der Waals surface area contributed by atoms with Crippen LogP contribution in [0.3, 0.4) is 0 Å². The third kappa shape index (κ3) is 1.84. The van der Waals surface area contributed by atoms with Gasteiger partial charge in [-0.1, -0.05) is 36.4 Å². The Balaban J connectivity index is 2.48. The van der Waals surface area contributed by atoms with E-state index in [0.717, 1.165) is 5.92 Å². The van der Waals surface area contributed by atoms with Crippen LogP contribution in [0, 0.1) is 5.92 Å². The Hall–Kier alpha value is 0.690. The van der Waals surface area contributed by atoms with Crippen molar-refractivity contribution in [3.8, 4) is 0 Å². The van der Waals surface area contributed by atoms with Crippen molar-refractivity contribution in [2.75, 3.05) is 13.1 Å². The fourth-order valence-corrected chi connectivity index (χ4v) is 1.96. The van der Waals surface area contributed by atoms with Gasteiger partial charge in [-0.3, -0.25) is 0 Å². The summed E-state index contributed by atoms with van der Waals surface area (Å²) >= 11 is 2.64. The molecule has 1 N–H and O–H groups in total. The van der Waals surface area contributed by atoms with Crippen LogP contribution in [0.2, 0.25) is 0 Å². The SMILES string of the molecule is CC(C)C1(I)CCNCC1. The molecule has 1 heterocycles. The minimum atomic E-state index is 0.586. The van der Waals surface area contributed by atoms with E-state index < -0.39 is 0 Å². The molecule has 10 heavy (non-hydrogen) atoms. The van der Waals surface area contributed by atoms with Crippen molar-refractivity contribution in [3.05, 3.63) is 0 Å². The first-order chi connectivity index (χ1) is 4.65. The van der Waals surface area contributed by atoms with E-state index in [4.69, 9.17) is 0 Å². The second-order valence-corrected chi connectivity index (χ2v) is 5.59. The van der Waals surface area contributed by atoms with Gasteiger partial charge in [0.2, 0.25) is 0 Å². The van der Waals surface area contributed by atoms with Gasteiger partial charge in [0.1, 0.15) is 0 Å². The monoisotopic (exact) mass is 253 g/mol. The smallest absolute Gasteiger partial charge is 0.0269 e. The Morgan fingerprint density at radius 2 is 1.80 bits per heavy atom. The molecule has 0 aromatic rings. The minimum Gasteiger partial charge on any atom is -0.317 e. The predicted molar refractivity (Wildman–Crippen MR) is 53.7 cm³/mol. The maximum absolute atomic E-state index is 3.39. The first-order valence-corrected chi connectivity index (χ1v) is 5.13. The van der Waals surface area contributed by atoms with Crippen LogP contribution < -0.4 is 5.32 Å². The summed E-state index contributed by atoms with van der Waals surface area (Å²) in [7, 11) is 0. The van der Waals surface area contributed by atoms with E-state index in [1.807, 2.05) is 0 Å². The van der Waals surface area contributed by atoms with Crippen LogP contribution in [-0.4, -0.2) is 16.5 Å². The van der Waals surface area contributed by atoms with Gasteiger partial charge < -0.3 is 5.32 Å². The van der Waals surface area contributed by atoms with Gasteiger partial charge in [-0.2, -0.15) is 0 Å². The summed E-state index contributed by atoms with van der Waals surface area (Å²) in [6.45, 7) is 7.08. The highest BCUT2D eigenvalue weighted by Gasteiger charge is 2.31. The molecule has 0 radical (unpaired) electrons. The summed E-state index contributed by atoms with van der Waals surface area (Å²) in [5.74, 6) is 0.829. The summed E-state index contributed by atoms with van der Waals surface area (Å²) in [5, 5.41) is 3.39. The fourth-order valence-electron chi connectivity index (χ4n) is 1.42. The molecule has 0 aliphatic carbocycles. The fraction of sp³-hybridized carbons (Fsp3) is 1.00. The number of piperidine rings is 1. The van der Waals surface area contributed by atoms with E-state index in [0.29, 0.717) is 3.42 Å². The lowest BCUT2D eigenvalue weighted by Crippen LogP contribution is -2.40. The predicted octanol–water partition coefficient (Wildman–Crippen LogP) is 2.20. The molecule has 60 valence electrons. The van der Waals surface area contributed by atoms with Gasteiger partial charge in [0, 0.05) is 3.42 Å². The summed E-state index contributed by atoms with van der Waals surface area (Å²) in [6.07, 6.45) is 2.68. The van der Waals surface area contributed by atoms with Crippen LogP contribution in [0.5, 0.6) is 0 Å². The highest BCUT2D eigenvalue weighted by molar-refractivity contribution is 14.1. The summed E-state index contributed by atoms with van der Waals surface area (Å²) in [5.41, 5.74) is 0. The Kier molecular flexibility index (Phi) is 2.98. The van der Waals surface area contributed by atoms with E-state index in [1.54, 1.807) is 0 Å². The third-order valence-corrected chi connectivity index (χ3v) is 4.79. The van der Waals surface area contributed by atoms with Crippen LogP contribution in [-0.2, 0) is 0 Å². The highest BCUT2D eigenvalue weighted by Crippen LogP contribution is 2.36. The molecular weight excluding hydrogens is 237 g/mol. The number of alkyl halides is 1. The van der Waals surface area contributed by atoms with Crippen LogP contribution in [0.1, 0.15) is 26.7 Å². The van der Waals surface area contributed by atoms with Crippen LogP contribution in [0.25, 0.3) is 0 Å². The Morgan fingerprint density at radius 1 is 1.30 bits per heavy atom. The zero-order valence-corrected chi connectivity index (χ0v) is 8.94. The molecule has 0 saturated carbocycles. The standard InChI is InChI=1S/C8H16IN/c1-7(2)8(9)3-5-10-6-4-8/h7,10H,3-6H2,1-2H3. The van der Waals surface area contributed by atoms with Gasteiger partial charge in [-0.25, -0.2) is 0 Å². The average molecular weight is 253 g/mol. The molecule has 0 aromatic heterocycles. The first-order valence-electron chi connectivity index (χ1n) is 4.05. The Bertz CT molecular complexity index is 106. The molecule has 1 aliphatic rings. The number of hydrogen-bond donors (Lipinski definition) is 1. The molecule has 0 amide bonds. The van der Waals surface area contributed by atoms with E-state index in [-0.39, 0.29) is 0 Å². The highest BCUT2D eigenvalue weighted by atomic mass is 127. The summed E-state index contributed by atoms with van der Waals surface area (Å²) in [4.78, 5) is 0. The van der Waals surface area contributed by atoms with Gasteiger partial charge in [-0.05, 0) is 31.8 Å². The maximum Gasteiger partial charge on any atom is 0.0269 e. The van der Waals surface area contributed by atoms with Crippen LogP contribution in [0.4, 0.5) is 0 Å². The van der Waals surface area contributed by atoms with Crippen molar-refractivity contribution in [1.29, 1.82) is 0 Å². The van der Waals surface area contributed by atoms with E-state index in [9.17, 15) is 0 Å². The van der Waals surface area contributed by atoms with Gasteiger partial charge in [-0.15, -0.1) is 0 Å². The second-order valence-electron chi connectivity index (χ2n) is 3.44. The number of nitrogens with one attached hydrogen (secondary N) is 1. The zero-order chi connectivity index (χ0) is 7.61. The van der Waals surface area contributed by atoms with Crippen LogP contribution in [0.15, 0.2) is 0 Å². The molecule has 1 saturated heterocycles. The van der Waals surface area contributed by atoms with Gasteiger partial charge in [0.05, 0.1) is 0 Å². The molecule has 0 unspecified atom stereocenters. The Morgan fingerprint density at radius 3 is 2.10 bits per heavy atom. The van der Waals surface area contributed by atoms with E-state index in [2.05, 4.69) is 41.8 Å². The number of halogens is 1. The van der Waals surface area contributed by atoms with Crippen molar-refractivity contribution < 1.29 is 0 Å². The van der Waals surface area contributed by atoms with Gasteiger partial charge in [0.15, 0.2) is 0 Å². The number of rotatable bonds is 1. The molecule has 0 aromatic carbocycles. The molecule has 1 nitrogen and oxygen atoms in total. The molecular formula is C8H16IN. The average Bonchev–Trinajstić information content (AvgIpc) is 1.89. The first kappa shape index (κ1) is 8.78. The zero-order valence-electron chi connectivity index (χ0n) is 6.78. The van der Waals surface area contributed by atoms with Crippen molar-refractivity contribution in [2.45, 2.75) is 30.1 Å². The molecule has 0 bridgehead atoms. The third-order valence-electron chi connectivity index (χ3n) is 2.47. The molecule has 1 fully saturated rings. The minimum absolute atomic E-state index is 0.586. The van der Waals surface area contributed by atoms with E-state index >= 15 is 0 Å². The van der Waals surface area contributed by atoms with Crippen molar-refractivity contribution in [3.63, 3.8) is 0 Å². The molecule has 0 atom stereocenters. The van der Waals surface area contributed by atoms with Crippen molar-refractivity contribution in [2.24, 2.45) is 5.92 Å². The summed E-state index contributed by atoms with van der Waals surface area (Å²) in [6, 6.07) is 0. The topological polar surface area (TPSA) is 12.0 Å². The molecule has 2 heteroatoms. The summed E-state index contributed by atoms with van der Waals surface area (Å²) < 4.78 is 0.586.